The van der Waals surface area contributed by atoms with Crippen molar-refractivity contribution < 1.29 is 5.11 Å². The summed E-state index contributed by atoms with van der Waals surface area (Å²) in [6, 6.07) is 0. The molecule has 1 atom stereocenters. The molecule has 1 unspecified atom stereocenters. The molecule has 0 aromatic rings. The van der Waals surface area contributed by atoms with E-state index in [0.717, 1.165) is 11.0 Å². The Labute approximate surface area is 78.9 Å². The standard InChI is InChI=1S/C10H18OS/c11-10(8-5-6-8)7-12-9-3-1-2-4-9/h8-11H,1-7H2. The number of aliphatic hydroxyl groups excluding tert-OH is 1. The molecule has 2 saturated carbocycles. The molecule has 0 amide bonds. The van der Waals surface area contributed by atoms with Gasteiger partial charge in [-0.15, -0.1) is 0 Å². The van der Waals surface area contributed by atoms with Crippen molar-refractivity contribution >= 4 is 11.8 Å². The lowest BCUT2D eigenvalue weighted by atomic mass is 10.3. The van der Waals surface area contributed by atoms with Gasteiger partial charge in [-0.25, -0.2) is 0 Å². The van der Waals surface area contributed by atoms with E-state index in [1.807, 2.05) is 11.8 Å². The Bertz CT molecular complexity index is 137. The first-order chi connectivity index (χ1) is 5.86. The van der Waals surface area contributed by atoms with E-state index in [4.69, 9.17) is 0 Å². The second kappa shape index (κ2) is 4.01. The lowest BCUT2D eigenvalue weighted by molar-refractivity contribution is 0.176. The number of aliphatic hydroxyl groups is 1. The van der Waals surface area contributed by atoms with Crippen LogP contribution >= 0.6 is 11.8 Å². The number of thioether (sulfide) groups is 1. The molecular weight excluding hydrogens is 168 g/mol. The van der Waals surface area contributed by atoms with Gasteiger partial charge in [-0.1, -0.05) is 12.8 Å². The zero-order chi connectivity index (χ0) is 8.39. The Morgan fingerprint density at radius 2 is 1.83 bits per heavy atom. The minimum Gasteiger partial charge on any atom is -0.392 e. The van der Waals surface area contributed by atoms with Gasteiger partial charge in [0.2, 0.25) is 0 Å². The van der Waals surface area contributed by atoms with Gasteiger partial charge >= 0.3 is 0 Å². The van der Waals surface area contributed by atoms with Crippen LogP contribution in [0.15, 0.2) is 0 Å². The minimum absolute atomic E-state index is 0.00981. The molecule has 2 aliphatic rings. The lowest BCUT2D eigenvalue weighted by Gasteiger charge is -2.12. The molecular formula is C10H18OS. The Morgan fingerprint density at radius 1 is 1.17 bits per heavy atom. The third-order valence-electron chi connectivity index (χ3n) is 2.97. The van der Waals surface area contributed by atoms with Gasteiger partial charge in [-0.3, -0.25) is 0 Å². The van der Waals surface area contributed by atoms with Crippen LogP contribution in [0.1, 0.15) is 38.5 Å². The first-order valence-corrected chi connectivity index (χ1v) is 6.21. The van der Waals surface area contributed by atoms with E-state index in [1.54, 1.807) is 0 Å². The van der Waals surface area contributed by atoms with Crippen LogP contribution in [0.25, 0.3) is 0 Å². The quantitative estimate of drug-likeness (QED) is 0.727. The average Bonchev–Trinajstić information content (AvgIpc) is 2.80. The largest absolute Gasteiger partial charge is 0.392 e. The van der Waals surface area contributed by atoms with Gasteiger partial charge in [0.1, 0.15) is 0 Å². The van der Waals surface area contributed by atoms with Crippen molar-refractivity contribution in [2.45, 2.75) is 49.9 Å². The summed E-state index contributed by atoms with van der Waals surface area (Å²) in [7, 11) is 0. The van der Waals surface area contributed by atoms with Crippen LogP contribution in [0.4, 0.5) is 0 Å². The van der Waals surface area contributed by atoms with Crippen molar-refractivity contribution in [3.8, 4) is 0 Å². The summed E-state index contributed by atoms with van der Waals surface area (Å²) in [5.74, 6) is 1.66. The van der Waals surface area contributed by atoms with Crippen LogP contribution in [-0.4, -0.2) is 22.2 Å². The summed E-state index contributed by atoms with van der Waals surface area (Å²) >= 11 is 2.01. The molecule has 0 radical (unpaired) electrons. The highest BCUT2D eigenvalue weighted by molar-refractivity contribution is 7.99. The van der Waals surface area contributed by atoms with Crippen LogP contribution in [-0.2, 0) is 0 Å². The van der Waals surface area contributed by atoms with Crippen molar-refractivity contribution in [3.63, 3.8) is 0 Å². The van der Waals surface area contributed by atoms with Crippen molar-refractivity contribution in [2.75, 3.05) is 5.75 Å². The topological polar surface area (TPSA) is 20.2 Å². The van der Waals surface area contributed by atoms with Gasteiger partial charge < -0.3 is 5.11 Å². The van der Waals surface area contributed by atoms with Gasteiger partial charge in [-0.2, -0.15) is 11.8 Å². The molecule has 0 aromatic heterocycles. The first-order valence-electron chi connectivity index (χ1n) is 5.16. The van der Waals surface area contributed by atoms with Crippen molar-refractivity contribution in [1.29, 1.82) is 0 Å². The van der Waals surface area contributed by atoms with Crippen LogP contribution in [0.5, 0.6) is 0 Å². The molecule has 2 heteroatoms. The van der Waals surface area contributed by atoms with E-state index in [0.29, 0.717) is 5.92 Å². The highest BCUT2D eigenvalue weighted by Gasteiger charge is 2.30. The first kappa shape index (κ1) is 8.89. The monoisotopic (exact) mass is 186 g/mol. The van der Waals surface area contributed by atoms with E-state index in [9.17, 15) is 5.11 Å². The second-order valence-electron chi connectivity index (χ2n) is 4.14. The maximum atomic E-state index is 9.63. The Kier molecular flexibility index (Phi) is 2.97. The summed E-state index contributed by atoms with van der Waals surface area (Å²) in [4.78, 5) is 0. The van der Waals surface area contributed by atoms with Crippen molar-refractivity contribution in [3.05, 3.63) is 0 Å². The van der Waals surface area contributed by atoms with Crippen molar-refractivity contribution in [1.82, 2.24) is 0 Å². The van der Waals surface area contributed by atoms with Crippen molar-refractivity contribution in [2.24, 2.45) is 5.92 Å². The third kappa shape index (κ3) is 2.40. The third-order valence-corrected chi connectivity index (χ3v) is 4.45. The normalized spacial score (nSPS) is 27.8. The van der Waals surface area contributed by atoms with Crippen LogP contribution < -0.4 is 0 Å². The van der Waals surface area contributed by atoms with Gasteiger partial charge in [-0.05, 0) is 31.6 Å². The molecule has 0 bridgehead atoms. The summed E-state index contributed by atoms with van der Waals surface area (Å²) in [6.45, 7) is 0. The van der Waals surface area contributed by atoms with E-state index >= 15 is 0 Å². The SMILES string of the molecule is OC(CSC1CCCC1)C1CC1. The smallest absolute Gasteiger partial charge is 0.0658 e. The molecule has 0 heterocycles. The fourth-order valence-corrected chi connectivity index (χ4v) is 3.31. The molecule has 1 nitrogen and oxygen atoms in total. The van der Waals surface area contributed by atoms with Crippen LogP contribution in [0.3, 0.4) is 0 Å². The zero-order valence-electron chi connectivity index (χ0n) is 7.54. The van der Waals surface area contributed by atoms with Crippen LogP contribution in [0.2, 0.25) is 0 Å². The van der Waals surface area contributed by atoms with E-state index in [-0.39, 0.29) is 6.10 Å². The summed E-state index contributed by atoms with van der Waals surface area (Å²) in [5, 5.41) is 10.5. The molecule has 0 aliphatic heterocycles. The highest BCUT2D eigenvalue weighted by atomic mass is 32.2. The summed E-state index contributed by atoms with van der Waals surface area (Å²) < 4.78 is 0. The molecule has 2 rings (SSSR count). The van der Waals surface area contributed by atoms with E-state index < -0.39 is 0 Å². The lowest BCUT2D eigenvalue weighted by Crippen LogP contribution is -2.14. The summed E-state index contributed by atoms with van der Waals surface area (Å²) in [6.07, 6.45) is 8.16. The van der Waals surface area contributed by atoms with Gasteiger partial charge in [0.15, 0.2) is 0 Å². The molecule has 70 valence electrons. The van der Waals surface area contributed by atoms with Crippen LogP contribution in [0, 0.1) is 5.92 Å². The fourth-order valence-electron chi connectivity index (χ4n) is 1.91. The average molecular weight is 186 g/mol. The number of hydrogen-bond acceptors (Lipinski definition) is 2. The minimum atomic E-state index is 0.00981. The van der Waals surface area contributed by atoms with Gasteiger partial charge in [0.25, 0.3) is 0 Å². The molecule has 1 N–H and O–H groups in total. The second-order valence-corrected chi connectivity index (χ2v) is 5.48. The number of hydrogen-bond donors (Lipinski definition) is 1. The fraction of sp³-hybridized carbons (Fsp3) is 1.00. The molecule has 0 saturated heterocycles. The molecule has 2 fully saturated rings. The molecule has 0 aromatic carbocycles. The number of rotatable bonds is 4. The molecule has 12 heavy (non-hydrogen) atoms. The van der Waals surface area contributed by atoms with E-state index in [2.05, 4.69) is 0 Å². The van der Waals surface area contributed by atoms with Gasteiger partial charge in [0.05, 0.1) is 6.10 Å². The summed E-state index contributed by atoms with van der Waals surface area (Å²) in [5.41, 5.74) is 0. The predicted octanol–water partition coefficient (Wildman–Crippen LogP) is 2.43. The molecule has 0 spiro atoms. The maximum absolute atomic E-state index is 9.63. The maximum Gasteiger partial charge on any atom is 0.0658 e. The van der Waals surface area contributed by atoms with E-state index in [1.165, 1.54) is 38.5 Å². The highest BCUT2D eigenvalue weighted by Crippen LogP contribution is 2.36. The predicted molar refractivity (Wildman–Crippen MR) is 53.4 cm³/mol. The Balaban J connectivity index is 1.60. The Morgan fingerprint density at radius 3 is 2.42 bits per heavy atom. The Hall–Kier alpha value is 0.310. The molecule has 2 aliphatic carbocycles. The zero-order valence-corrected chi connectivity index (χ0v) is 8.35. The van der Waals surface area contributed by atoms with Gasteiger partial charge in [0, 0.05) is 11.0 Å².